The number of hydrogen-bond acceptors (Lipinski definition) is 4. The van der Waals surface area contributed by atoms with Crippen LogP contribution in [0.15, 0.2) is 42.5 Å². The average Bonchev–Trinajstić information content (AvgIpc) is 2.68. The molecule has 146 valence electrons. The molecule has 5 heteroatoms. The summed E-state index contributed by atoms with van der Waals surface area (Å²) in [6, 6.07) is 14.1. The van der Waals surface area contributed by atoms with Crippen molar-refractivity contribution in [3.8, 4) is 5.75 Å². The first-order valence-corrected chi connectivity index (χ1v) is 10.8. The van der Waals surface area contributed by atoms with Crippen LogP contribution in [0.3, 0.4) is 0 Å². The molecule has 0 aliphatic rings. The minimum atomic E-state index is -0.814. The highest BCUT2D eigenvalue weighted by Gasteiger charge is 2.10. The Kier molecular flexibility index (Phi) is 9.77. The van der Waals surface area contributed by atoms with Crippen molar-refractivity contribution >= 4 is 17.7 Å². The van der Waals surface area contributed by atoms with E-state index in [0.717, 1.165) is 29.3 Å². The quantitative estimate of drug-likeness (QED) is 0.482. The summed E-state index contributed by atoms with van der Waals surface area (Å²) in [4.78, 5) is 15.6. The summed E-state index contributed by atoms with van der Waals surface area (Å²) in [5, 5.41) is 9.01. The van der Waals surface area contributed by atoms with E-state index in [0.29, 0.717) is 18.8 Å². The van der Waals surface area contributed by atoms with E-state index in [2.05, 4.69) is 24.0 Å². The fourth-order valence-electron chi connectivity index (χ4n) is 2.70. The molecule has 1 aromatic heterocycles. The van der Waals surface area contributed by atoms with Crippen molar-refractivity contribution in [2.24, 2.45) is 0 Å². The molecule has 0 unspecified atom stereocenters. The van der Waals surface area contributed by atoms with Crippen LogP contribution in [0, 0.1) is 0 Å². The fraction of sp³-hybridized carbons (Fsp3) is 0.455. The van der Waals surface area contributed by atoms with Crippen LogP contribution < -0.4 is 4.74 Å². The number of aryl methyl sites for hydroxylation is 1. The number of ether oxygens (including phenoxy) is 1. The van der Waals surface area contributed by atoms with Crippen molar-refractivity contribution in [2.75, 3.05) is 12.4 Å². The van der Waals surface area contributed by atoms with Gasteiger partial charge in [0.25, 0.3) is 0 Å². The van der Waals surface area contributed by atoms with E-state index in [1.54, 1.807) is 0 Å². The molecule has 0 saturated carbocycles. The predicted octanol–water partition coefficient (Wildman–Crippen LogP) is 5.14. The summed E-state index contributed by atoms with van der Waals surface area (Å²) < 4.78 is 5.92. The lowest BCUT2D eigenvalue weighted by Crippen LogP contribution is -2.07. The maximum absolute atomic E-state index is 11.0. The topological polar surface area (TPSA) is 59.4 Å². The van der Waals surface area contributed by atoms with Crippen LogP contribution in [-0.2, 0) is 23.4 Å². The Morgan fingerprint density at radius 2 is 1.93 bits per heavy atom. The molecule has 0 radical (unpaired) electrons. The van der Waals surface area contributed by atoms with Gasteiger partial charge in [0.1, 0.15) is 5.75 Å². The van der Waals surface area contributed by atoms with Crippen LogP contribution in [0.5, 0.6) is 5.75 Å². The van der Waals surface area contributed by atoms with E-state index in [9.17, 15) is 4.79 Å². The molecule has 1 N–H and O–H groups in total. The molecule has 0 saturated heterocycles. The number of thioether (sulfide) groups is 1. The van der Waals surface area contributed by atoms with Gasteiger partial charge in [-0.3, -0.25) is 9.78 Å². The van der Waals surface area contributed by atoms with E-state index in [1.807, 2.05) is 42.1 Å². The maximum atomic E-state index is 11.0. The summed E-state index contributed by atoms with van der Waals surface area (Å²) in [5.74, 6) is 1.88. The molecule has 0 aliphatic carbocycles. The molecular weight excluding hydrogens is 358 g/mol. The Bertz CT molecular complexity index is 691. The molecule has 0 aliphatic heterocycles. The van der Waals surface area contributed by atoms with Crippen molar-refractivity contribution in [3.05, 3.63) is 59.4 Å². The fourth-order valence-corrected chi connectivity index (χ4v) is 3.63. The first-order valence-electron chi connectivity index (χ1n) is 9.64. The maximum Gasteiger partial charge on any atom is 0.303 e. The summed E-state index contributed by atoms with van der Waals surface area (Å²) in [7, 11) is 0. The predicted molar refractivity (Wildman–Crippen MR) is 112 cm³/mol. The number of carboxylic acid groups (broad SMARTS) is 1. The molecule has 4 nitrogen and oxygen atoms in total. The number of carbonyl (C=O) groups is 1. The molecule has 0 bridgehead atoms. The zero-order chi connectivity index (χ0) is 19.3. The highest BCUT2D eigenvalue weighted by atomic mass is 32.2. The number of rotatable bonds is 13. The van der Waals surface area contributed by atoms with E-state index in [4.69, 9.17) is 9.84 Å². The van der Waals surface area contributed by atoms with E-state index in [1.165, 1.54) is 24.8 Å². The summed E-state index contributed by atoms with van der Waals surface area (Å²) in [6.45, 7) is 2.76. The number of unbranched alkanes of at least 4 members (excludes halogenated alkanes) is 2. The normalized spacial score (nSPS) is 10.7. The van der Waals surface area contributed by atoms with Crippen LogP contribution in [-0.4, -0.2) is 28.4 Å². The Morgan fingerprint density at radius 3 is 2.67 bits per heavy atom. The Balaban J connectivity index is 1.93. The van der Waals surface area contributed by atoms with Gasteiger partial charge in [0.15, 0.2) is 0 Å². The number of hydrogen-bond donors (Lipinski definition) is 1. The molecule has 1 heterocycles. The highest BCUT2D eigenvalue weighted by molar-refractivity contribution is 7.98. The lowest BCUT2D eigenvalue weighted by Gasteiger charge is -2.12. The summed E-state index contributed by atoms with van der Waals surface area (Å²) >= 11 is 1.88. The van der Waals surface area contributed by atoms with Gasteiger partial charge in [0.05, 0.1) is 24.4 Å². The van der Waals surface area contributed by atoms with Crippen molar-refractivity contribution < 1.29 is 14.6 Å². The van der Waals surface area contributed by atoms with Crippen molar-refractivity contribution in [1.82, 2.24) is 4.98 Å². The number of pyridine rings is 1. The second-order valence-electron chi connectivity index (χ2n) is 6.48. The lowest BCUT2D eigenvalue weighted by atomic mass is 10.1. The van der Waals surface area contributed by atoms with E-state index >= 15 is 0 Å². The summed E-state index contributed by atoms with van der Waals surface area (Å²) in [5.41, 5.74) is 2.96. The lowest BCUT2D eigenvalue weighted by molar-refractivity contribution is -0.136. The van der Waals surface area contributed by atoms with Crippen LogP contribution in [0.25, 0.3) is 0 Å². The molecular formula is C22H29NO3S. The number of nitrogens with zero attached hydrogens (tertiary/aromatic N) is 1. The third-order valence-electron chi connectivity index (χ3n) is 4.20. The number of benzene rings is 1. The van der Waals surface area contributed by atoms with E-state index in [-0.39, 0.29) is 6.42 Å². The zero-order valence-corrected chi connectivity index (χ0v) is 16.8. The second kappa shape index (κ2) is 12.4. The summed E-state index contributed by atoms with van der Waals surface area (Å²) in [6.07, 6.45) is 4.99. The second-order valence-corrected chi connectivity index (χ2v) is 7.59. The van der Waals surface area contributed by atoms with Crippen molar-refractivity contribution in [2.45, 2.75) is 51.2 Å². The van der Waals surface area contributed by atoms with Gasteiger partial charge in [-0.25, -0.2) is 0 Å². The third-order valence-corrected chi connectivity index (χ3v) is 5.28. The minimum Gasteiger partial charge on any atom is -0.491 e. The van der Waals surface area contributed by atoms with Crippen LogP contribution in [0.2, 0.25) is 0 Å². The first-order chi connectivity index (χ1) is 13.2. The van der Waals surface area contributed by atoms with Gasteiger partial charge in [-0.15, -0.1) is 0 Å². The van der Waals surface area contributed by atoms with Gasteiger partial charge in [0, 0.05) is 18.6 Å². The van der Waals surface area contributed by atoms with Gasteiger partial charge in [-0.1, -0.05) is 50.1 Å². The Hall–Kier alpha value is -2.01. The highest BCUT2D eigenvalue weighted by Crippen LogP contribution is 2.22. The number of carboxylic acids is 1. The van der Waals surface area contributed by atoms with Crippen LogP contribution in [0.1, 0.15) is 49.6 Å². The van der Waals surface area contributed by atoms with Crippen molar-refractivity contribution in [1.29, 1.82) is 0 Å². The standard InChI is InChI=1S/C22H29NO3S/c1-2-3-7-16-27-17-19-10-12-21(20(23-19)11-13-22(24)25)26-15-14-18-8-5-4-6-9-18/h4-6,8-10,12H,2-3,7,11,13-17H2,1H3,(H,24,25). The first kappa shape index (κ1) is 21.3. The SMILES string of the molecule is CCCCCSCc1ccc(OCCc2ccccc2)c(CCC(=O)O)n1. The van der Waals surface area contributed by atoms with Gasteiger partial charge in [-0.2, -0.15) is 11.8 Å². The molecule has 0 atom stereocenters. The molecule has 1 aromatic carbocycles. The largest absolute Gasteiger partial charge is 0.491 e. The Labute approximate surface area is 166 Å². The third kappa shape index (κ3) is 8.48. The molecule has 0 fully saturated rings. The smallest absolute Gasteiger partial charge is 0.303 e. The minimum absolute atomic E-state index is 0.0646. The molecule has 2 rings (SSSR count). The van der Waals surface area contributed by atoms with Crippen molar-refractivity contribution in [3.63, 3.8) is 0 Å². The van der Waals surface area contributed by atoms with Gasteiger partial charge >= 0.3 is 5.97 Å². The number of aliphatic carboxylic acids is 1. The monoisotopic (exact) mass is 387 g/mol. The molecule has 0 amide bonds. The average molecular weight is 388 g/mol. The van der Waals surface area contributed by atoms with Gasteiger partial charge in [0.2, 0.25) is 0 Å². The molecule has 27 heavy (non-hydrogen) atoms. The van der Waals surface area contributed by atoms with E-state index < -0.39 is 5.97 Å². The van der Waals surface area contributed by atoms with Gasteiger partial charge < -0.3 is 9.84 Å². The number of aromatic nitrogens is 1. The molecule has 0 spiro atoms. The molecule has 2 aromatic rings. The zero-order valence-electron chi connectivity index (χ0n) is 16.0. The van der Waals surface area contributed by atoms with Crippen LogP contribution in [0.4, 0.5) is 0 Å². The van der Waals surface area contributed by atoms with Crippen LogP contribution >= 0.6 is 11.8 Å². The van der Waals surface area contributed by atoms with Gasteiger partial charge in [-0.05, 0) is 29.9 Å². The Morgan fingerprint density at radius 1 is 1.11 bits per heavy atom.